The van der Waals surface area contributed by atoms with Crippen molar-refractivity contribution in [2.75, 3.05) is 6.61 Å². The number of aliphatic hydroxyl groups is 2. The quantitative estimate of drug-likeness (QED) is 0.198. The predicted molar refractivity (Wildman–Crippen MR) is 128 cm³/mol. The molecule has 35 heavy (non-hydrogen) atoms. The fourth-order valence-electron chi connectivity index (χ4n) is 6.73. The zero-order valence-corrected chi connectivity index (χ0v) is 18.6. The van der Waals surface area contributed by atoms with Crippen LogP contribution in [0.15, 0.2) is 48.5 Å². The van der Waals surface area contributed by atoms with Gasteiger partial charge >= 0.3 is 0 Å². The number of nitrogens with two attached hydrogens (primary N) is 1. The van der Waals surface area contributed by atoms with Crippen LogP contribution in [0, 0.1) is 0 Å². The summed E-state index contributed by atoms with van der Waals surface area (Å²) in [5.74, 6) is 4.88. The largest absolute Gasteiger partial charge is 0.393 e. The molecule has 9 heteroatoms. The summed E-state index contributed by atoms with van der Waals surface area (Å²) in [7, 11) is 0. The van der Waals surface area contributed by atoms with Gasteiger partial charge in [-0.3, -0.25) is 9.59 Å². The average Bonchev–Trinajstić information content (AvgIpc) is 3.50. The number of para-hydroxylation sites is 2. The zero-order chi connectivity index (χ0) is 24.0. The van der Waals surface area contributed by atoms with Gasteiger partial charge in [0.1, 0.15) is 11.8 Å². The number of ether oxygens (including phenoxy) is 1. The molecule has 2 amide bonds. The number of amides is 2. The van der Waals surface area contributed by atoms with Crippen LogP contribution in [0.25, 0.3) is 43.6 Å². The number of imide groups is 1. The SMILES string of the molecule is CC12OC(CC1(O)CO)n1c3ccccc3c3c4c(c5c6ccccc6n2c5c31)C(=O)N(N)C4=O. The van der Waals surface area contributed by atoms with Crippen LogP contribution >= 0.6 is 0 Å². The van der Waals surface area contributed by atoms with Gasteiger partial charge in [0.2, 0.25) is 0 Å². The number of hydrazine groups is 1. The number of hydrogen-bond acceptors (Lipinski definition) is 6. The van der Waals surface area contributed by atoms with Crippen molar-refractivity contribution < 1.29 is 24.5 Å². The van der Waals surface area contributed by atoms with E-state index in [1.165, 1.54) is 0 Å². The highest BCUT2D eigenvalue weighted by molar-refractivity contribution is 6.39. The van der Waals surface area contributed by atoms with E-state index in [-0.39, 0.29) is 17.5 Å². The molecule has 174 valence electrons. The number of rotatable bonds is 1. The van der Waals surface area contributed by atoms with E-state index in [2.05, 4.69) is 0 Å². The molecule has 2 aromatic heterocycles. The van der Waals surface area contributed by atoms with Crippen LogP contribution in [-0.4, -0.2) is 48.4 Å². The Balaban J connectivity index is 1.78. The predicted octanol–water partition coefficient (Wildman–Crippen LogP) is 2.70. The minimum absolute atomic E-state index is 0.147. The number of nitrogens with zero attached hydrogens (tertiary/aromatic N) is 3. The number of aliphatic hydroxyl groups excluding tert-OH is 1. The molecule has 8 rings (SSSR count). The maximum atomic E-state index is 13.4. The van der Waals surface area contributed by atoms with E-state index in [1.807, 2.05) is 57.7 Å². The molecule has 0 radical (unpaired) electrons. The van der Waals surface area contributed by atoms with Crippen molar-refractivity contribution in [1.29, 1.82) is 0 Å². The lowest BCUT2D eigenvalue weighted by Crippen LogP contribution is -2.53. The van der Waals surface area contributed by atoms with Crippen molar-refractivity contribution >= 4 is 55.4 Å². The van der Waals surface area contributed by atoms with Crippen molar-refractivity contribution in [2.24, 2.45) is 5.84 Å². The molecule has 2 bridgehead atoms. The standard InChI is InChI=1S/C26H20N4O5/c1-25-26(34,11-31)10-16(35-25)28-14-8-4-2-6-12(14)17-19-20(24(33)30(27)23(19)32)18-13-7-3-5-9-15(13)29(25)22(18)21(17)28/h2-9,16,31,34H,10-11,27H2,1H3. The van der Waals surface area contributed by atoms with E-state index < -0.39 is 36.0 Å². The Morgan fingerprint density at radius 3 is 2.20 bits per heavy atom. The molecule has 3 aliphatic heterocycles. The lowest BCUT2D eigenvalue weighted by atomic mass is 9.89. The van der Waals surface area contributed by atoms with Crippen LogP contribution in [0.4, 0.5) is 0 Å². The Labute approximate surface area is 197 Å². The van der Waals surface area contributed by atoms with Gasteiger partial charge in [-0.1, -0.05) is 36.4 Å². The highest BCUT2D eigenvalue weighted by atomic mass is 16.6. The molecule has 4 N–H and O–H groups in total. The Bertz CT molecular complexity index is 1850. The van der Waals surface area contributed by atoms with Gasteiger partial charge < -0.3 is 24.1 Å². The molecule has 0 spiro atoms. The first-order valence-corrected chi connectivity index (χ1v) is 11.5. The summed E-state index contributed by atoms with van der Waals surface area (Å²) in [6, 6.07) is 15.2. The summed E-state index contributed by atoms with van der Waals surface area (Å²) in [5, 5.41) is 25.6. The Morgan fingerprint density at radius 2 is 1.54 bits per heavy atom. The number of benzene rings is 3. The van der Waals surface area contributed by atoms with Gasteiger partial charge in [0.15, 0.2) is 5.72 Å². The highest BCUT2D eigenvalue weighted by Crippen LogP contribution is 2.57. The van der Waals surface area contributed by atoms with Gasteiger partial charge in [-0.15, -0.1) is 0 Å². The number of hydrogen-bond donors (Lipinski definition) is 3. The van der Waals surface area contributed by atoms with Crippen molar-refractivity contribution in [3.05, 3.63) is 59.7 Å². The second-order valence-corrected chi connectivity index (χ2v) is 9.87. The van der Waals surface area contributed by atoms with Gasteiger partial charge in [-0.25, -0.2) is 10.9 Å². The normalized spacial score (nSPS) is 27.3. The Hall–Kier alpha value is -3.76. The van der Waals surface area contributed by atoms with Crippen LogP contribution in [0.2, 0.25) is 0 Å². The van der Waals surface area contributed by atoms with E-state index >= 15 is 0 Å². The molecule has 3 aromatic carbocycles. The molecule has 0 saturated carbocycles. The van der Waals surface area contributed by atoms with Crippen molar-refractivity contribution in [3.8, 4) is 0 Å². The van der Waals surface area contributed by atoms with Crippen molar-refractivity contribution in [1.82, 2.24) is 14.1 Å². The van der Waals surface area contributed by atoms with Gasteiger partial charge in [0.05, 0.1) is 39.8 Å². The van der Waals surface area contributed by atoms with E-state index in [0.717, 1.165) is 27.3 Å². The second kappa shape index (κ2) is 5.72. The van der Waals surface area contributed by atoms with Crippen LogP contribution in [-0.2, 0) is 10.5 Å². The van der Waals surface area contributed by atoms with Crippen LogP contribution in [0.3, 0.4) is 0 Å². The number of aromatic nitrogens is 2. The zero-order valence-electron chi connectivity index (χ0n) is 18.6. The number of carbonyl (C=O) groups excluding carboxylic acids is 2. The summed E-state index contributed by atoms with van der Waals surface area (Å²) in [4.78, 5) is 26.8. The first-order valence-electron chi connectivity index (χ1n) is 11.5. The smallest absolute Gasteiger partial charge is 0.276 e. The molecule has 3 aliphatic rings. The highest BCUT2D eigenvalue weighted by Gasteiger charge is 2.61. The first kappa shape index (κ1) is 19.5. The molecule has 3 unspecified atom stereocenters. The fourth-order valence-corrected chi connectivity index (χ4v) is 6.73. The van der Waals surface area contributed by atoms with E-state index in [9.17, 15) is 19.8 Å². The van der Waals surface area contributed by atoms with Gasteiger partial charge in [-0.05, 0) is 19.1 Å². The van der Waals surface area contributed by atoms with Gasteiger partial charge in [-0.2, -0.15) is 0 Å². The molecule has 5 aromatic rings. The molecular weight excluding hydrogens is 448 g/mol. The van der Waals surface area contributed by atoms with Crippen LogP contribution in [0.5, 0.6) is 0 Å². The second-order valence-electron chi connectivity index (χ2n) is 9.87. The average molecular weight is 468 g/mol. The third kappa shape index (κ3) is 1.85. The van der Waals surface area contributed by atoms with E-state index in [0.29, 0.717) is 21.3 Å². The third-order valence-electron chi connectivity index (χ3n) is 8.34. The summed E-state index contributed by atoms with van der Waals surface area (Å²) >= 11 is 0. The topological polar surface area (TPSA) is 123 Å². The molecule has 1 saturated heterocycles. The monoisotopic (exact) mass is 468 g/mol. The molecule has 0 aliphatic carbocycles. The van der Waals surface area contributed by atoms with Crippen LogP contribution in [0.1, 0.15) is 40.3 Å². The third-order valence-corrected chi connectivity index (χ3v) is 8.34. The minimum atomic E-state index is -1.60. The van der Waals surface area contributed by atoms with E-state index in [1.54, 1.807) is 6.92 Å². The molecular formula is C26H20N4O5. The van der Waals surface area contributed by atoms with Crippen LogP contribution < -0.4 is 5.84 Å². The van der Waals surface area contributed by atoms with Crippen molar-refractivity contribution in [2.45, 2.75) is 30.9 Å². The lowest BCUT2D eigenvalue weighted by Gasteiger charge is -2.38. The number of fused-ring (bicyclic) bond motifs is 13. The molecule has 3 atom stereocenters. The van der Waals surface area contributed by atoms with E-state index in [4.69, 9.17) is 10.6 Å². The summed E-state index contributed by atoms with van der Waals surface area (Å²) in [5.41, 5.74) is 0.558. The van der Waals surface area contributed by atoms with Gasteiger partial charge in [0.25, 0.3) is 11.8 Å². The summed E-state index contributed by atoms with van der Waals surface area (Å²) in [6.45, 7) is 1.26. The maximum Gasteiger partial charge on any atom is 0.276 e. The number of carbonyl (C=O) groups is 2. The molecule has 1 fully saturated rings. The minimum Gasteiger partial charge on any atom is -0.393 e. The van der Waals surface area contributed by atoms with Gasteiger partial charge in [0, 0.05) is 28.0 Å². The molecule has 9 nitrogen and oxygen atoms in total. The Kier molecular flexibility index (Phi) is 3.19. The summed E-state index contributed by atoms with van der Waals surface area (Å²) in [6.07, 6.45) is -0.463. The maximum absolute atomic E-state index is 13.4. The first-order chi connectivity index (χ1) is 16.8. The van der Waals surface area contributed by atoms with Crippen molar-refractivity contribution in [3.63, 3.8) is 0 Å². The summed E-state index contributed by atoms with van der Waals surface area (Å²) < 4.78 is 10.5. The Morgan fingerprint density at radius 1 is 0.971 bits per heavy atom. The molecule has 5 heterocycles. The fraction of sp³-hybridized carbons (Fsp3) is 0.231. The lowest BCUT2D eigenvalue weighted by molar-refractivity contribution is -0.189.